The topological polar surface area (TPSA) is 58.9 Å². The maximum absolute atomic E-state index is 13.6. The van der Waals surface area contributed by atoms with E-state index < -0.39 is 11.4 Å². The van der Waals surface area contributed by atoms with Crippen LogP contribution in [0, 0.1) is 5.82 Å². The fraction of sp³-hybridized carbons (Fsp3) is 0.364. The normalized spacial score (nSPS) is 16.2. The molecular formula is C11H9BrFNO3. The summed E-state index contributed by atoms with van der Waals surface area (Å²) in [4.78, 5) is 14.0. The van der Waals surface area contributed by atoms with Crippen molar-refractivity contribution in [2.24, 2.45) is 4.99 Å². The molecule has 4 nitrogen and oxygen atoms in total. The van der Waals surface area contributed by atoms with Gasteiger partial charge in [0.05, 0.1) is 11.6 Å². The molecule has 1 fully saturated rings. The Kier molecular flexibility index (Phi) is 2.93. The van der Waals surface area contributed by atoms with E-state index in [-0.39, 0.29) is 16.0 Å². The minimum Gasteiger partial charge on any atom is -0.504 e. The largest absolute Gasteiger partial charge is 0.504 e. The Labute approximate surface area is 105 Å². The summed E-state index contributed by atoms with van der Waals surface area (Å²) < 4.78 is 18.6. The molecule has 1 aromatic carbocycles. The first-order chi connectivity index (χ1) is 8.05. The van der Waals surface area contributed by atoms with Gasteiger partial charge in [0.2, 0.25) is 6.08 Å². The molecule has 1 aliphatic rings. The van der Waals surface area contributed by atoms with E-state index in [0.717, 1.165) is 0 Å². The molecule has 1 aliphatic carbocycles. The van der Waals surface area contributed by atoms with Crippen LogP contribution >= 0.6 is 15.9 Å². The number of benzene rings is 1. The summed E-state index contributed by atoms with van der Waals surface area (Å²) in [6, 6.07) is 1.42. The molecule has 0 aromatic heterocycles. The van der Waals surface area contributed by atoms with Gasteiger partial charge in [-0.2, -0.15) is 4.99 Å². The number of ether oxygens (including phenoxy) is 1. The lowest BCUT2D eigenvalue weighted by atomic mass is 10.0. The second-order valence-corrected chi connectivity index (χ2v) is 4.69. The van der Waals surface area contributed by atoms with Crippen molar-refractivity contribution in [3.63, 3.8) is 0 Å². The molecule has 0 aliphatic heterocycles. The van der Waals surface area contributed by atoms with Gasteiger partial charge >= 0.3 is 0 Å². The van der Waals surface area contributed by atoms with E-state index in [1.54, 1.807) is 0 Å². The third-order valence-corrected chi connectivity index (χ3v) is 3.42. The number of methoxy groups -OCH3 is 1. The number of aliphatic imine (C=N–C) groups is 1. The number of rotatable bonds is 3. The van der Waals surface area contributed by atoms with Crippen LogP contribution in [0.3, 0.4) is 0 Å². The maximum Gasteiger partial charge on any atom is 0.235 e. The van der Waals surface area contributed by atoms with Crippen molar-refractivity contribution in [2.45, 2.75) is 18.4 Å². The predicted molar refractivity (Wildman–Crippen MR) is 61.4 cm³/mol. The fourth-order valence-electron chi connectivity index (χ4n) is 1.78. The van der Waals surface area contributed by atoms with Gasteiger partial charge in [0.25, 0.3) is 0 Å². The lowest BCUT2D eigenvalue weighted by Gasteiger charge is -2.15. The maximum atomic E-state index is 13.6. The summed E-state index contributed by atoms with van der Waals surface area (Å²) >= 11 is 3.04. The molecule has 1 saturated carbocycles. The van der Waals surface area contributed by atoms with Crippen LogP contribution in [0.4, 0.5) is 4.39 Å². The fourth-order valence-corrected chi connectivity index (χ4v) is 2.19. The van der Waals surface area contributed by atoms with E-state index in [1.807, 2.05) is 0 Å². The standard InChI is InChI=1S/C11H9BrFNO3/c1-17-10-8(13)7(12)4-6(9(10)16)11(2-3-11)14-5-15/h4,16H,2-3H2,1H3. The van der Waals surface area contributed by atoms with Gasteiger partial charge in [-0.15, -0.1) is 0 Å². The monoisotopic (exact) mass is 301 g/mol. The minimum atomic E-state index is -0.769. The number of halogens is 2. The number of nitrogens with zero attached hydrogens (tertiary/aromatic N) is 1. The highest BCUT2D eigenvalue weighted by Crippen LogP contribution is 2.55. The zero-order valence-corrected chi connectivity index (χ0v) is 10.5. The van der Waals surface area contributed by atoms with Crippen LogP contribution in [0.2, 0.25) is 0 Å². The number of aromatic hydroxyl groups is 1. The number of carbonyl (C=O) groups excluding carboxylic acids is 1. The molecule has 0 heterocycles. The Morgan fingerprint density at radius 2 is 2.29 bits per heavy atom. The Bertz CT molecular complexity index is 522. The molecule has 1 aromatic rings. The SMILES string of the molecule is COc1c(O)c(C2(N=C=O)CC2)cc(Br)c1F. The summed E-state index contributed by atoms with van der Waals surface area (Å²) in [6.07, 6.45) is 2.73. The number of isocyanates is 1. The van der Waals surface area contributed by atoms with E-state index in [4.69, 9.17) is 4.74 Å². The molecule has 0 atom stereocenters. The Balaban J connectivity index is 2.64. The highest BCUT2D eigenvalue weighted by molar-refractivity contribution is 9.10. The number of phenolic OH excluding ortho intramolecular Hbond substituents is 1. The van der Waals surface area contributed by atoms with Gasteiger partial charge in [0.15, 0.2) is 17.3 Å². The van der Waals surface area contributed by atoms with Gasteiger partial charge in [-0.25, -0.2) is 9.18 Å². The van der Waals surface area contributed by atoms with E-state index >= 15 is 0 Å². The van der Waals surface area contributed by atoms with Gasteiger partial charge in [-0.3, -0.25) is 0 Å². The predicted octanol–water partition coefficient (Wildman–Crippen LogP) is 2.63. The Morgan fingerprint density at radius 1 is 1.65 bits per heavy atom. The molecule has 0 bridgehead atoms. The van der Waals surface area contributed by atoms with Gasteiger partial charge in [0, 0.05) is 5.56 Å². The van der Waals surface area contributed by atoms with Crippen molar-refractivity contribution in [1.82, 2.24) is 0 Å². The molecule has 6 heteroatoms. The van der Waals surface area contributed by atoms with E-state index in [2.05, 4.69) is 20.9 Å². The Morgan fingerprint density at radius 3 is 2.76 bits per heavy atom. The van der Waals surface area contributed by atoms with Crippen LogP contribution in [0.5, 0.6) is 11.5 Å². The van der Waals surface area contributed by atoms with Gasteiger partial charge in [-0.05, 0) is 34.8 Å². The van der Waals surface area contributed by atoms with Crippen molar-refractivity contribution in [1.29, 1.82) is 0 Å². The summed E-state index contributed by atoms with van der Waals surface area (Å²) in [7, 11) is 1.26. The molecule has 1 N–H and O–H groups in total. The van der Waals surface area contributed by atoms with Crippen LogP contribution in [-0.2, 0) is 10.3 Å². The third kappa shape index (κ3) is 1.83. The van der Waals surface area contributed by atoms with Gasteiger partial charge < -0.3 is 9.84 Å². The second kappa shape index (κ2) is 4.13. The zero-order valence-electron chi connectivity index (χ0n) is 8.96. The summed E-state index contributed by atoms with van der Waals surface area (Å²) in [6.45, 7) is 0. The first-order valence-electron chi connectivity index (χ1n) is 4.90. The van der Waals surface area contributed by atoms with Crippen molar-refractivity contribution in [3.8, 4) is 11.5 Å². The highest BCUT2D eigenvalue weighted by atomic mass is 79.9. The Hall–Kier alpha value is -1.39. The number of phenols is 1. The van der Waals surface area contributed by atoms with Gasteiger partial charge in [0.1, 0.15) is 5.54 Å². The second-order valence-electron chi connectivity index (χ2n) is 3.84. The molecule has 0 spiro atoms. The van der Waals surface area contributed by atoms with Crippen LogP contribution in [-0.4, -0.2) is 18.3 Å². The summed E-state index contributed by atoms with van der Waals surface area (Å²) in [5.74, 6) is -1.24. The van der Waals surface area contributed by atoms with E-state index in [0.29, 0.717) is 18.4 Å². The van der Waals surface area contributed by atoms with Crippen LogP contribution < -0.4 is 4.74 Å². The third-order valence-electron chi connectivity index (χ3n) is 2.84. The van der Waals surface area contributed by atoms with Crippen molar-refractivity contribution in [2.75, 3.05) is 7.11 Å². The lowest BCUT2D eigenvalue weighted by molar-refractivity contribution is 0.345. The van der Waals surface area contributed by atoms with Crippen molar-refractivity contribution >= 4 is 22.0 Å². The van der Waals surface area contributed by atoms with Gasteiger partial charge in [-0.1, -0.05) is 0 Å². The van der Waals surface area contributed by atoms with E-state index in [1.165, 1.54) is 19.3 Å². The first-order valence-corrected chi connectivity index (χ1v) is 5.69. The summed E-state index contributed by atoms with van der Waals surface area (Å²) in [5, 5.41) is 9.92. The van der Waals surface area contributed by atoms with Crippen molar-refractivity contribution < 1.29 is 19.0 Å². The summed E-state index contributed by atoms with van der Waals surface area (Å²) in [5.41, 5.74) is -0.388. The molecular weight excluding hydrogens is 293 g/mol. The molecule has 0 radical (unpaired) electrons. The average Bonchev–Trinajstić information content (AvgIpc) is 3.06. The molecule has 0 unspecified atom stereocenters. The van der Waals surface area contributed by atoms with Crippen LogP contribution in [0.1, 0.15) is 18.4 Å². The average molecular weight is 302 g/mol. The molecule has 17 heavy (non-hydrogen) atoms. The van der Waals surface area contributed by atoms with Crippen molar-refractivity contribution in [3.05, 3.63) is 21.9 Å². The van der Waals surface area contributed by atoms with Crippen LogP contribution in [0.25, 0.3) is 0 Å². The molecule has 90 valence electrons. The molecule has 0 saturated heterocycles. The van der Waals surface area contributed by atoms with E-state index in [9.17, 15) is 14.3 Å². The highest BCUT2D eigenvalue weighted by Gasteiger charge is 2.48. The first kappa shape index (κ1) is 12.1. The quantitative estimate of drug-likeness (QED) is 0.690. The van der Waals surface area contributed by atoms with Crippen LogP contribution in [0.15, 0.2) is 15.5 Å². The zero-order chi connectivity index (χ0) is 12.6. The number of hydrogen-bond acceptors (Lipinski definition) is 4. The lowest BCUT2D eigenvalue weighted by Crippen LogP contribution is -2.05. The minimum absolute atomic E-state index is 0.162. The molecule has 0 amide bonds. The smallest absolute Gasteiger partial charge is 0.235 e. The molecule has 2 rings (SSSR count). The number of hydrogen-bond donors (Lipinski definition) is 1.